The number of anilines is 1. The largest absolute Gasteiger partial charge is 0.376 e. The highest BCUT2D eigenvalue weighted by Gasteiger charge is 2.02. The molecule has 2 aromatic rings. The second-order valence-electron chi connectivity index (χ2n) is 4.66. The third-order valence-electron chi connectivity index (χ3n) is 2.90. The molecule has 0 spiro atoms. The molecular formula is C16H15BrClN3O. The summed E-state index contributed by atoms with van der Waals surface area (Å²) < 4.78 is 0.996. The number of hydrazone groups is 1. The van der Waals surface area contributed by atoms with E-state index >= 15 is 0 Å². The number of aryl methyl sites for hydroxylation is 1. The first-order valence-corrected chi connectivity index (χ1v) is 7.79. The number of hydrogen-bond acceptors (Lipinski definition) is 3. The second-order valence-corrected chi connectivity index (χ2v) is 6.01. The molecule has 0 aliphatic rings. The van der Waals surface area contributed by atoms with E-state index in [1.165, 1.54) is 0 Å². The Balaban J connectivity index is 1.81. The van der Waals surface area contributed by atoms with E-state index in [4.69, 9.17) is 11.6 Å². The Labute approximate surface area is 142 Å². The first-order chi connectivity index (χ1) is 10.5. The van der Waals surface area contributed by atoms with Crippen LogP contribution in [0.1, 0.15) is 11.1 Å². The Morgan fingerprint density at radius 3 is 2.68 bits per heavy atom. The van der Waals surface area contributed by atoms with Crippen molar-refractivity contribution in [2.45, 2.75) is 6.92 Å². The minimum absolute atomic E-state index is 0.139. The molecule has 0 radical (unpaired) electrons. The standard InChI is InChI=1S/C16H15BrClN3O/c1-11-8-14(18)6-7-15(11)19-10-16(22)21-20-9-12-2-4-13(17)5-3-12/h2-9,19H,10H2,1H3,(H,21,22)/b20-9+. The highest BCUT2D eigenvalue weighted by atomic mass is 79.9. The average molecular weight is 381 g/mol. The molecule has 2 aromatic carbocycles. The Morgan fingerprint density at radius 1 is 1.27 bits per heavy atom. The summed E-state index contributed by atoms with van der Waals surface area (Å²) in [5, 5.41) is 7.64. The lowest BCUT2D eigenvalue weighted by Gasteiger charge is -2.08. The summed E-state index contributed by atoms with van der Waals surface area (Å²) in [5.41, 5.74) is 5.24. The summed E-state index contributed by atoms with van der Waals surface area (Å²) in [7, 11) is 0. The van der Waals surface area contributed by atoms with Crippen LogP contribution in [0.15, 0.2) is 52.0 Å². The van der Waals surface area contributed by atoms with Gasteiger partial charge in [0, 0.05) is 15.2 Å². The molecule has 0 fully saturated rings. The van der Waals surface area contributed by atoms with Crippen LogP contribution in [0.3, 0.4) is 0 Å². The van der Waals surface area contributed by atoms with Gasteiger partial charge in [-0.15, -0.1) is 0 Å². The topological polar surface area (TPSA) is 53.5 Å². The van der Waals surface area contributed by atoms with Crippen LogP contribution >= 0.6 is 27.5 Å². The van der Waals surface area contributed by atoms with Gasteiger partial charge in [-0.2, -0.15) is 5.10 Å². The first kappa shape index (κ1) is 16.5. The molecule has 114 valence electrons. The van der Waals surface area contributed by atoms with Crippen LogP contribution in [0.5, 0.6) is 0 Å². The normalized spacial score (nSPS) is 10.7. The van der Waals surface area contributed by atoms with Crippen LogP contribution in [0, 0.1) is 6.92 Å². The van der Waals surface area contributed by atoms with Crippen molar-refractivity contribution in [1.82, 2.24) is 5.43 Å². The van der Waals surface area contributed by atoms with Crippen LogP contribution in [0.2, 0.25) is 5.02 Å². The number of nitrogens with one attached hydrogen (secondary N) is 2. The van der Waals surface area contributed by atoms with Crippen LogP contribution < -0.4 is 10.7 Å². The molecule has 0 heterocycles. The maximum Gasteiger partial charge on any atom is 0.259 e. The molecule has 22 heavy (non-hydrogen) atoms. The van der Waals surface area contributed by atoms with E-state index in [1.54, 1.807) is 12.3 Å². The molecule has 0 aliphatic carbocycles. The van der Waals surface area contributed by atoms with Gasteiger partial charge in [-0.3, -0.25) is 4.79 Å². The molecule has 2 N–H and O–H groups in total. The molecule has 0 atom stereocenters. The Kier molecular flexibility index (Phi) is 5.98. The van der Waals surface area contributed by atoms with Crippen molar-refractivity contribution in [3.8, 4) is 0 Å². The van der Waals surface area contributed by atoms with E-state index in [9.17, 15) is 4.79 Å². The molecule has 0 saturated carbocycles. The highest BCUT2D eigenvalue weighted by molar-refractivity contribution is 9.10. The predicted octanol–water partition coefficient (Wildman–Crippen LogP) is 3.97. The van der Waals surface area contributed by atoms with Gasteiger partial charge >= 0.3 is 0 Å². The van der Waals surface area contributed by atoms with E-state index < -0.39 is 0 Å². The average Bonchev–Trinajstić information content (AvgIpc) is 2.48. The summed E-state index contributed by atoms with van der Waals surface area (Å²) in [6.07, 6.45) is 1.60. The predicted molar refractivity (Wildman–Crippen MR) is 94.6 cm³/mol. The van der Waals surface area contributed by atoms with Crippen molar-refractivity contribution >= 4 is 45.3 Å². The lowest BCUT2D eigenvalue weighted by Crippen LogP contribution is -2.26. The minimum atomic E-state index is -0.220. The molecule has 0 bridgehead atoms. The van der Waals surface area contributed by atoms with Gasteiger partial charge in [0.15, 0.2) is 0 Å². The monoisotopic (exact) mass is 379 g/mol. The molecule has 6 heteroatoms. The number of benzene rings is 2. The van der Waals surface area contributed by atoms with Crippen molar-refractivity contribution in [2.75, 3.05) is 11.9 Å². The summed E-state index contributed by atoms with van der Waals surface area (Å²) in [6, 6.07) is 13.1. The number of nitrogens with zero attached hydrogens (tertiary/aromatic N) is 1. The molecule has 0 saturated heterocycles. The van der Waals surface area contributed by atoms with Gasteiger partial charge in [-0.25, -0.2) is 5.43 Å². The minimum Gasteiger partial charge on any atom is -0.376 e. The van der Waals surface area contributed by atoms with Crippen molar-refractivity contribution < 1.29 is 4.79 Å². The molecule has 1 amide bonds. The maximum absolute atomic E-state index is 11.7. The van der Waals surface area contributed by atoms with E-state index in [2.05, 4.69) is 31.8 Å². The van der Waals surface area contributed by atoms with E-state index in [0.29, 0.717) is 5.02 Å². The van der Waals surface area contributed by atoms with Crippen molar-refractivity contribution in [1.29, 1.82) is 0 Å². The maximum atomic E-state index is 11.7. The Hall–Kier alpha value is -1.85. The van der Waals surface area contributed by atoms with Gasteiger partial charge in [-0.1, -0.05) is 39.7 Å². The molecule has 4 nitrogen and oxygen atoms in total. The summed E-state index contributed by atoms with van der Waals surface area (Å²) in [5.74, 6) is -0.220. The number of carbonyl (C=O) groups is 1. The lowest BCUT2D eigenvalue weighted by molar-refractivity contribution is -0.119. The van der Waals surface area contributed by atoms with E-state index in [0.717, 1.165) is 21.3 Å². The van der Waals surface area contributed by atoms with Gasteiger partial charge in [0.25, 0.3) is 5.91 Å². The van der Waals surface area contributed by atoms with Crippen LogP contribution in [-0.4, -0.2) is 18.7 Å². The van der Waals surface area contributed by atoms with Gasteiger partial charge in [0.2, 0.25) is 0 Å². The molecular weight excluding hydrogens is 366 g/mol. The van der Waals surface area contributed by atoms with Gasteiger partial charge in [0.1, 0.15) is 0 Å². The number of halogens is 2. The van der Waals surface area contributed by atoms with E-state index in [-0.39, 0.29) is 12.5 Å². The van der Waals surface area contributed by atoms with E-state index in [1.807, 2.05) is 43.3 Å². The van der Waals surface area contributed by atoms with Crippen LogP contribution in [0.25, 0.3) is 0 Å². The fourth-order valence-corrected chi connectivity index (χ4v) is 2.26. The zero-order valence-corrected chi connectivity index (χ0v) is 14.3. The number of rotatable bonds is 5. The summed E-state index contributed by atoms with van der Waals surface area (Å²) >= 11 is 9.25. The quantitative estimate of drug-likeness (QED) is 0.609. The zero-order chi connectivity index (χ0) is 15.9. The molecule has 0 aliphatic heterocycles. The van der Waals surface area contributed by atoms with Crippen LogP contribution in [-0.2, 0) is 4.79 Å². The van der Waals surface area contributed by atoms with Crippen molar-refractivity contribution in [2.24, 2.45) is 5.10 Å². The highest BCUT2D eigenvalue weighted by Crippen LogP contribution is 2.19. The number of hydrogen-bond donors (Lipinski definition) is 2. The van der Waals surface area contributed by atoms with Gasteiger partial charge in [0.05, 0.1) is 12.8 Å². The van der Waals surface area contributed by atoms with Crippen LogP contribution in [0.4, 0.5) is 5.69 Å². The third-order valence-corrected chi connectivity index (χ3v) is 3.66. The SMILES string of the molecule is Cc1cc(Cl)ccc1NCC(=O)N/N=C/c1ccc(Br)cc1. The molecule has 0 unspecified atom stereocenters. The molecule has 0 aromatic heterocycles. The number of amides is 1. The second kappa shape index (κ2) is 7.96. The number of carbonyl (C=O) groups excluding carboxylic acids is 1. The van der Waals surface area contributed by atoms with Crippen molar-refractivity contribution in [3.05, 3.63) is 63.1 Å². The third kappa shape index (κ3) is 5.16. The smallest absolute Gasteiger partial charge is 0.259 e. The van der Waals surface area contributed by atoms with Gasteiger partial charge < -0.3 is 5.32 Å². The van der Waals surface area contributed by atoms with Gasteiger partial charge in [-0.05, 0) is 48.4 Å². The zero-order valence-electron chi connectivity index (χ0n) is 11.9. The fraction of sp³-hybridized carbons (Fsp3) is 0.125. The fourth-order valence-electron chi connectivity index (χ4n) is 1.77. The Morgan fingerprint density at radius 2 is 2.00 bits per heavy atom. The Bertz CT molecular complexity index is 686. The lowest BCUT2D eigenvalue weighted by atomic mass is 10.2. The first-order valence-electron chi connectivity index (χ1n) is 6.62. The van der Waals surface area contributed by atoms with Crippen molar-refractivity contribution in [3.63, 3.8) is 0 Å². The summed E-state index contributed by atoms with van der Waals surface area (Å²) in [4.78, 5) is 11.7. The molecule has 2 rings (SSSR count). The summed E-state index contributed by atoms with van der Waals surface area (Å²) in [6.45, 7) is 2.07.